The van der Waals surface area contributed by atoms with Gasteiger partial charge in [-0.25, -0.2) is 13.1 Å². The molecule has 0 amide bonds. The van der Waals surface area contributed by atoms with Gasteiger partial charge in [-0.15, -0.1) is 11.3 Å². The van der Waals surface area contributed by atoms with Crippen LogP contribution in [0.15, 0.2) is 46.0 Å². The number of anilines is 1. The van der Waals surface area contributed by atoms with Gasteiger partial charge in [-0.2, -0.15) is 0 Å². The first kappa shape index (κ1) is 16.4. The standard InChI is InChI=1S/C16H20N2O3S2/c19-23(20,16-2-1-13-22-16)17-8-7-14-3-5-15(6-4-14)18-9-11-21-12-10-18/h1-6,13,17H,7-12H2. The maximum atomic E-state index is 12.0. The fraction of sp³-hybridized carbons (Fsp3) is 0.375. The molecule has 0 radical (unpaired) electrons. The molecular formula is C16H20N2O3S2. The van der Waals surface area contributed by atoms with Crippen molar-refractivity contribution in [1.29, 1.82) is 0 Å². The second-order valence-corrected chi connectivity index (χ2v) is 8.29. The summed E-state index contributed by atoms with van der Waals surface area (Å²) < 4.78 is 32.4. The van der Waals surface area contributed by atoms with Gasteiger partial charge in [0.05, 0.1) is 13.2 Å². The zero-order valence-corrected chi connectivity index (χ0v) is 14.4. The number of benzene rings is 1. The van der Waals surface area contributed by atoms with E-state index in [2.05, 4.69) is 33.9 Å². The van der Waals surface area contributed by atoms with E-state index in [4.69, 9.17) is 4.74 Å². The van der Waals surface area contributed by atoms with Crippen LogP contribution in [0.4, 0.5) is 5.69 Å². The van der Waals surface area contributed by atoms with Gasteiger partial charge in [-0.05, 0) is 35.6 Å². The zero-order chi connectivity index (χ0) is 16.1. The summed E-state index contributed by atoms with van der Waals surface area (Å²) in [4.78, 5) is 2.30. The van der Waals surface area contributed by atoms with Gasteiger partial charge in [0.2, 0.25) is 10.0 Å². The molecule has 7 heteroatoms. The van der Waals surface area contributed by atoms with E-state index in [1.54, 1.807) is 17.5 Å². The summed E-state index contributed by atoms with van der Waals surface area (Å²) in [6.07, 6.45) is 0.675. The summed E-state index contributed by atoms with van der Waals surface area (Å²) in [5.41, 5.74) is 2.31. The Morgan fingerprint density at radius 1 is 1.13 bits per heavy atom. The Labute approximate surface area is 140 Å². The highest BCUT2D eigenvalue weighted by molar-refractivity contribution is 7.91. The molecule has 5 nitrogen and oxygen atoms in total. The van der Waals surface area contributed by atoms with Crippen molar-refractivity contribution in [3.8, 4) is 0 Å². The Balaban J connectivity index is 1.52. The van der Waals surface area contributed by atoms with Gasteiger partial charge in [0, 0.05) is 25.3 Å². The summed E-state index contributed by atoms with van der Waals surface area (Å²) in [5, 5.41) is 1.76. The lowest BCUT2D eigenvalue weighted by molar-refractivity contribution is 0.122. The Hall–Kier alpha value is -1.41. The molecule has 0 saturated carbocycles. The van der Waals surface area contributed by atoms with Crippen LogP contribution >= 0.6 is 11.3 Å². The molecule has 1 aromatic heterocycles. The predicted molar refractivity (Wildman–Crippen MR) is 92.7 cm³/mol. The third-order valence-electron chi connectivity index (χ3n) is 3.78. The van der Waals surface area contributed by atoms with E-state index in [1.165, 1.54) is 17.0 Å². The number of hydrogen-bond donors (Lipinski definition) is 1. The number of nitrogens with zero attached hydrogens (tertiary/aromatic N) is 1. The van der Waals surface area contributed by atoms with Crippen LogP contribution < -0.4 is 9.62 Å². The maximum absolute atomic E-state index is 12.0. The lowest BCUT2D eigenvalue weighted by Gasteiger charge is -2.28. The predicted octanol–water partition coefficient (Wildman–Crippen LogP) is 2.11. The molecule has 2 heterocycles. The summed E-state index contributed by atoms with van der Waals surface area (Å²) in [6, 6.07) is 11.7. The quantitative estimate of drug-likeness (QED) is 0.865. The molecule has 3 rings (SSSR count). The van der Waals surface area contributed by atoms with Crippen molar-refractivity contribution < 1.29 is 13.2 Å². The Morgan fingerprint density at radius 3 is 2.52 bits per heavy atom. The van der Waals surface area contributed by atoms with Gasteiger partial charge in [0.15, 0.2) is 0 Å². The molecule has 1 N–H and O–H groups in total. The zero-order valence-electron chi connectivity index (χ0n) is 12.8. The third kappa shape index (κ3) is 4.32. The molecule has 23 heavy (non-hydrogen) atoms. The summed E-state index contributed by atoms with van der Waals surface area (Å²) in [7, 11) is -3.37. The number of sulfonamides is 1. The molecular weight excluding hydrogens is 332 g/mol. The normalized spacial score (nSPS) is 15.7. The van der Waals surface area contributed by atoms with Crippen molar-refractivity contribution in [2.45, 2.75) is 10.6 Å². The third-order valence-corrected chi connectivity index (χ3v) is 6.64. The first-order chi connectivity index (χ1) is 11.1. The lowest BCUT2D eigenvalue weighted by Crippen LogP contribution is -2.36. The van der Waals surface area contributed by atoms with Gasteiger partial charge >= 0.3 is 0 Å². The van der Waals surface area contributed by atoms with Crippen LogP contribution in [0.1, 0.15) is 5.56 Å². The molecule has 1 fully saturated rings. The molecule has 1 aliphatic rings. The van der Waals surface area contributed by atoms with Crippen molar-refractivity contribution in [2.24, 2.45) is 0 Å². The topological polar surface area (TPSA) is 58.6 Å². The number of thiophene rings is 1. The molecule has 124 valence electrons. The van der Waals surface area contributed by atoms with Crippen LogP contribution in [0.5, 0.6) is 0 Å². The molecule has 0 unspecified atom stereocenters. The fourth-order valence-electron chi connectivity index (χ4n) is 2.51. The molecule has 2 aromatic rings. The molecule has 0 aliphatic carbocycles. The summed E-state index contributed by atoms with van der Waals surface area (Å²) in [6.45, 7) is 3.77. The number of morpholine rings is 1. The van der Waals surface area contributed by atoms with Crippen LogP contribution in [-0.2, 0) is 21.2 Å². The average molecular weight is 352 g/mol. The monoisotopic (exact) mass is 352 g/mol. The number of nitrogens with one attached hydrogen (secondary N) is 1. The Bertz CT molecular complexity index is 706. The van der Waals surface area contributed by atoms with Crippen molar-refractivity contribution in [3.63, 3.8) is 0 Å². The van der Waals surface area contributed by atoms with Crippen LogP contribution in [0.25, 0.3) is 0 Å². The number of ether oxygens (including phenoxy) is 1. The van der Waals surface area contributed by atoms with Gasteiger partial charge in [0.25, 0.3) is 0 Å². The minimum atomic E-state index is -3.37. The highest BCUT2D eigenvalue weighted by atomic mass is 32.2. The van der Waals surface area contributed by atoms with E-state index >= 15 is 0 Å². The van der Waals surface area contributed by atoms with E-state index in [0.29, 0.717) is 17.2 Å². The van der Waals surface area contributed by atoms with Crippen molar-refractivity contribution in [2.75, 3.05) is 37.7 Å². The first-order valence-corrected chi connectivity index (χ1v) is 9.96. The molecule has 1 aliphatic heterocycles. The van der Waals surface area contributed by atoms with Crippen LogP contribution in [0.3, 0.4) is 0 Å². The van der Waals surface area contributed by atoms with Crippen LogP contribution in [0, 0.1) is 0 Å². The second-order valence-electron chi connectivity index (χ2n) is 5.35. The Kier molecular flexibility index (Phi) is 5.32. The van der Waals surface area contributed by atoms with Gasteiger partial charge in [0.1, 0.15) is 4.21 Å². The minimum Gasteiger partial charge on any atom is -0.378 e. The molecule has 0 bridgehead atoms. The number of rotatable bonds is 6. The van der Waals surface area contributed by atoms with E-state index in [1.807, 2.05) is 0 Å². The highest BCUT2D eigenvalue weighted by Gasteiger charge is 2.14. The van der Waals surface area contributed by atoms with Crippen LogP contribution in [0.2, 0.25) is 0 Å². The molecule has 1 aromatic carbocycles. The Morgan fingerprint density at radius 2 is 1.87 bits per heavy atom. The summed E-state index contributed by atoms with van der Waals surface area (Å²) >= 11 is 1.23. The summed E-state index contributed by atoms with van der Waals surface area (Å²) in [5.74, 6) is 0. The van der Waals surface area contributed by atoms with Crippen molar-refractivity contribution in [1.82, 2.24) is 4.72 Å². The van der Waals surface area contributed by atoms with Crippen LogP contribution in [-0.4, -0.2) is 41.3 Å². The first-order valence-electron chi connectivity index (χ1n) is 7.60. The van der Waals surface area contributed by atoms with Crippen molar-refractivity contribution >= 4 is 27.0 Å². The van der Waals surface area contributed by atoms with E-state index < -0.39 is 10.0 Å². The largest absolute Gasteiger partial charge is 0.378 e. The molecule has 0 spiro atoms. The number of hydrogen-bond acceptors (Lipinski definition) is 5. The van der Waals surface area contributed by atoms with Gasteiger partial charge in [-0.1, -0.05) is 18.2 Å². The molecule has 0 atom stereocenters. The van der Waals surface area contributed by atoms with E-state index in [0.717, 1.165) is 31.9 Å². The minimum absolute atomic E-state index is 0.361. The van der Waals surface area contributed by atoms with Gasteiger partial charge < -0.3 is 9.64 Å². The highest BCUT2D eigenvalue weighted by Crippen LogP contribution is 2.17. The van der Waals surface area contributed by atoms with Crippen molar-refractivity contribution in [3.05, 3.63) is 47.3 Å². The molecule has 1 saturated heterocycles. The smallest absolute Gasteiger partial charge is 0.250 e. The lowest BCUT2D eigenvalue weighted by atomic mass is 10.1. The van der Waals surface area contributed by atoms with E-state index in [9.17, 15) is 8.42 Å². The van der Waals surface area contributed by atoms with Gasteiger partial charge in [-0.3, -0.25) is 0 Å². The average Bonchev–Trinajstić information content (AvgIpc) is 3.12. The fourth-order valence-corrected chi connectivity index (χ4v) is 4.58. The SMILES string of the molecule is O=S(=O)(NCCc1ccc(N2CCOCC2)cc1)c1cccs1. The second kappa shape index (κ2) is 7.44. The maximum Gasteiger partial charge on any atom is 0.250 e. The van der Waals surface area contributed by atoms with E-state index in [-0.39, 0.29) is 0 Å².